The van der Waals surface area contributed by atoms with Crippen LogP contribution in [0.2, 0.25) is 0 Å². The first-order valence-corrected chi connectivity index (χ1v) is 9.82. The summed E-state index contributed by atoms with van der Waals surface area (Å²) in [5.41, 5.74) is 1.78. The molecule has 0 bridgehead atoms. The molecular formula is C24H22N6+2. The van der Waals surface area contributed by atoms with Gasteiger partial charge in [0.1, 0.15) is 48.9 Å². The van der Waals surface area contributed by atoms with Gasteiger partial charge in [0.25, 0.3) is 0 Å². The van der Waals surface area contributed by atoms with Gasteiger partial charge in [-0.15, -0.1) is 0 Å². The molecule has 5 aromatic rings. The summed E-state index contributed by atoms with van der Waals surface area (Å²) in [6.45, 7) is 9.11. The van der Waals surface area contributed by atoms with E-state index in [2.05, 4.69) is 46.6 Å². The molecule has 0 fully saturated rings. The summed E-state index contributed by atoms with van der Waals surface area (Å²) in [7, 11) is 0. The molecular weight excluding hydrogens is 372 g/mol. The van der Waals surface area contributed by atoms with Crippen LogP contribution >= 0.6 is 0 Å². The number of nitrogens with zero attached hydrogens (tertiary/aromatic N) is 6. The molecule has 0 aliphatic carbocycles. The molecule has 5 rings (SSSR count). The lowest BCUT2D eigenvalue weighted by Gasteiger charge is -2.05. The van der Waals surface area contributed by atoms with E-state index in [1.165, 1.54) is 0 Å². The van der Waals surface area contributed by atoms with Crippen LogP contribution in [0.4, 0.5) is 0 Å². The lowest BCUT2D eigenvalue weighted by atomic mass is 10.1. The Hall–Kier alpha value is -4.06. The van der Waals surface area contributed by atoms with E-state index in [0.717, 1.165) is 46.5 Å². The molecule has 0 aliphatic heterocycles. The largest absolute Gasteiger partial charge is 0.250 e. The maximum Gasteiger partial charge on any atom is 0.250 e. The predicted octanol–water partition coefficient (Wildman–Crippen LogP) is 3.31. The fourth-order valence-corrected chi connectivity index (χ4v) is 3.61. The molecule has 0 N–H and O–H groups in total. The molecule has 0 aliphatic rings. The molecule has 1 aromatic carbocycles. The zero-order valence-electron chi connectivity index (χ0n) is 16.6. The minimum Gasteiger partial charge on any atom is -0.233 e. The number of hydrogen-bond acceptors (Lipinski definition) is 2. The van der Waals surface area contributed by atoms with Gasteiger partial charge in [0.05, 0.1) is 0 Å². The van der Waals surface area contributed by atoms with Gasteiger partial charge in [-0.1, -0.05) is 37.4 Å². The summed E-state index contributed by atoms with van der Waals surface area (Å²) in [6.07, 6.45) is 15.8. The van der Waals surface area contributed by atoms with Crippen molar-refractivity contribution in [3.05, 3.63) is 99.2 Å². The summed E-state index contributed by atoms with van der Waals surface area (Å²) >= 11 is 0. The van der Waals surface area contributed by atoms with Crippen molar-refractivity contribution in [1.82, 2.24) is 19.1 Å². The second kappa shape index (κ2) is 7.40. The second-order valence-electron chi connectivity index (χ2n) is 7.16. The topological polar surface area (TPSA) is 43.4 Å². The highest BCUT2D eigenvalue weighted by atomic mass is 15.2. The van der Waals surface area contributed by atoms with E-state index in [-0.39, 0.29) is 0 Å². The third kappa shape index (κ3) is 3.18. The van der Waals surface area contributed by atoms with Crippen LogP contribution in [0.1, 0.15) is 0 Å². The summed E-state index contributed by atoms with van der Waals surface area (Å²) in [5, 5.41) is 2.13. The Morgan fingerprint density at radius 3 is 1.57 bits per heavy atom. The molecule has 146 valence electrons. The molecule has 0 unspecified atom stereocenters. The first-order valence-electron chi connectivity index (χ1n) is 9.82. The van der Waals surface area contributed by atoms with Crippen molar-refractivity contribution < 1.29 is 9.13 Å². The third-order valence-corrected chi connectivity index (χ3v) is 5.08. The van der Waals surface area contributed by atoms with Crippen LogP contribution in [0.15, 0.2) is 99.2 Å². The molecule has 4 heterocycles. The third-order valence-electron chi connectivity index (χ3n) is 5.08. The van der Waals surface area contributed by atoms with Gasteiger partial charge in [-0.05, 0) is 12.1 Å². The van der Waals surface area contributed by atoms with Gasteiger partial charge in [-0.2, -0.15) is 9.13 Å². The highest BCUT2D eigenvalue weighted by Crippen LogP contribution is 2.24. The molecule has 0 spiro atoms. The Kier molecular flexibility index (Phi) is 4.44. The Balaban J connectivity index is 1.64. The van der Waals surface area contributed by atoms with Gasteiger partial charge in [-0.3, -0.25) is 0 Å². The van der Waals surface area contributed by atoms with Gasteiger partial charge in [0.2, 0.25) is 24.3 Å². The molecule has 0 radical (unpaired) electrons. The smallest absolute Gasteiger partial charge is 0.233 e. The highest BCUT2D eigenvalue weighted by molar-refractivity contribution is 6.03. The van der Waals surface area contributed by atoms with Crippen LogP contribution in [0.5, 0.6) is 0 Å². The quantitative estimate of drug-likeness (QED) is 0.252. The number of benzene rings is 1. The number of allylic oxidation sites excluding steroid dienone is 2. The minimum atomic E-state index is 0.761. The molecule has 0 saturated heterocycles. The lowest BCUT2D eigenvalue weighted by Crippen LogP contribution is -2.29. The average Bonchev–Trinajstić information content (AvgIpc) is 3.43. The molecule has 6 heteroatoms. The molecule has 4 aromatic heterocycles. The van der Waals surface area contributed by atoms with Crippen LogP contribution in [-0.4, -0.2) is 19.1 Å². The van der Waals surface area contributed by atoms with Crippen LogP contribution in [0.3, 0.4) is 0 Å². The van der Waals surface area contributed by atoms with E-state index in [4.69, 9.17) is 9.97 Å². The number of hydrogen-bond donors (Lipinski definition) is 0. The number of imidazole rings is 2. The molecule has 0 saturated carbocycles. The molecule has 30 heavy (non-hydrogen) atoms. The van der Waals surface area contributed by atoms with E-state index in [1.54, 1.807) is 0 Å². The number of pyridine rings is 2. The monoisotopic (exact) mass is 394 g/mol. The highest BCUT2D eigenvalue weighted by Gasteiger charge is 2.13. The maximum absolute atomic E-state index is 4.95. The summed E-state index contributed by atoms with van der Waals surface area (Å²) < 4.78 is 8.14. The van der Waals surface area contributed by atoms with Crippen molar-refractivity contribution in [3.8, 4) is 11.6 Å². The Morgan fingerprint density at radius 1 is 0.700 bits per heavy atom. The Labute approximate surface area is 174 Å². The van der Waals surface area contributed by atoms with Gasteiger partial charge < -0.3 is 0 Å². The van der Waals surface area contributed by atoms with Crippen molar-refractivity contribution >= 4 is 21.8 Å². The van der Waals surface area contributed by atoms with Gasteiger partial charge >= 0.3 is 0 Å². The standard InChI is InChI=1S/C24H22N6/c1-3-11-27-13-15-29(17-27)21-9-7-19-5-6-20-8-10-22(26-24(20)23(19)25-21)30-16-14-28(18-30)12-4-2/h3-10,13-18H,1-2,11-12H2/q+2. The Morgan fingerprint density at radius 2 is 1.13 bits per heavy atom. The molecule has 0 amide bonds. The zero-order valence-corrected chi connectivity index (χ0v) is 16.6. The first kappa shape index (κ1) is 18.0. The van der Waals surface area contributed by atoms with Crippen molar-refractivity contribution in [2.75, 3.05) is 0 Å². The van der Waals surface area contributed by atoms with E-state index >= 15 is 0 Å². The minimum absolute atomic E-state index is 0.761. The van der Waals surface area contributed by atoms with E-state index in [1.807, 2.05) is 70.9 Å². The van der Waals surface area contributed by atoms with E-state index < -0.39 is 0 Å². The molecule has 0 atom stereocenters. The van der Waals surface area contributed by atoms with E-state index in [9.17, 15) is 0 Å². The lowest BCUT2D eigenvalue weighted by molar-refractivity contribution is -0.686. The predicted molar refractivity (Wildman–Crippen MR) is 116 cm³/mol. The summed E-state index contributed by atoms with van der Waals surface area (Å²) in [4.78, 5) is 9.90. The SMILES string of the molecule is C=CC[n+]1ccn(-c2ccc3ccc4ccc(-n5cc[n+](CC=C)c5)nc4c3n2)c1. The summed E-state index contributed by atoms with van der Waals surface area (Å²) in [6, 6.07) is 12.4. The van der Waals surface area contributed by atoms with Crippen molar-refractivity contribution in [2.24, 2.45) is 0 Å². The van der Waals surface area contributed by atoms with Crippen LogP contribution in [-0.2, 0) is 13.1 Å². The van der Waals surface area contributed by atoms with Crippen LogP contribution in [0.25, 0.3) is 33.4 Å². The Bertz CT molecular complexity index is 1280. The number of fused-ring (bicyclic) bond motifs is 3. The van der Waals surface area contributed by atoms with Crippen molar-refractivity contribution in [3.63, 3.8) is 0 Å². The van der Waals surface area contributed by atoms with Gasteiger partial charge in [-0.25, -0.2) is 19.1 Å². The number of rotatable bonds is 6. The second-order valence-corrected chi connectivity index (χ2v) is 7.16. The zero-order chi connectivity index (χ0) is 20.5. The fraction of sp³-hybridized carbons (Fsp3) is 0.0833. The normalized spacial score (nSPS) is 11.2. The first-order chi connectivity index (χ1) is 14.7. The van der Waals surface area contributed by atoms with Gasteiger partial charge in [0.15, 0.2) is 0 Å². The average molecular weight is 394 g/mol. The fourth-order valence-electron chi connectivity index (χ4n) is 3.61. The van der Waals surface area contributed by atoms with Gasteiger partial charge in [0, 0.05) is 22.9 Å². The van der Waals surface area contributed by atoms with Crippen molar-refractivity contribution in [2.45, 2.75) is 13.1 Å². The van der Waals surface area contributed by atoms with Crippen LogP contribution < -0.4 is 9.13 Å². The van der Waals surface area contributed by atoms with E-state index in [0.29, 0.717) is 0 Å². The maximum atomic E-state index is 4.95. The summed E-state index contributed by atoms with van der Waals surface area (Å²) in [5.74, 6) is 1.71. The number of aromatic nitrogens is 6. The van der Waals surface area contributed by atoms with Crippen LogP contribution in [0, 0.1) is 0 Å². The van der Waals surface area contributed by atoms with Crippen molar-refractivity contribution in [1.29, 1.82) is 0 Å². The molecule has 6 nitrogen and oxygen atoms in total.